The second kappa shape index (κ2) is 6.36. The third-order valence-corrected chi connectivity index (χ3v) is 3.65. The normalized spacial score (nSPS) is 15.4. The summed E-state index contributed by atoms with van der Waals surface area (Å²) in [7, 11) is 0. The molecule has 0 bridgehead atoms. The van der Waals surface area contributed by atoms with Crippen LogP contribution in [-0.4, -0.2) is 17.0 Å². The molecule has 0 spiro atoms. The third-order valence-electron chi connectivity index (χ3n) is 3.65. The van der Waals surface area contributed by atoms with Gasteiger partial charge in [-0.25, -0.2) is 4.79 Å². The van der Waals surface area contributed by atoms with Crippen molar-refractivity contribution in [3.63, 3.8) is 0 Å². The first-order chi connectivity index (χ1) is 9.15. The zero-order chi connectivity index (χ0) is 13.7. The molecule has 2 rings (SSSR count). The zero-order valence-electron chi connectivity index (χ0n) is 10.9. The molecule has 0 unspecified atom stereocenters. The standard InChI is InChI=1S/C15H19NO3/c17-14(9-8-11-4-1-2-5-11)16-13-7-3-6-12(10-13)15(18)19/h3,6-7,10-11H,1-2,4-5,8-9H2,(H,16,17)(H,18,19). The van der Waals surface area contributed by atoms with Crippen LogP contribution < -0.4 is 5.32 Å². The molecule has 1 aliphatic carbocycles. The Labute approximate surface area is 112 Å². The van der Waals surface area contributed by atoms with Gasteiger partial charge in [0.25, 0.3) is 0 Å². The molecular weight excluding hydrogens is 242 g/mol. The van der Waals surface area contributed by atoms with Crippen molar-refractivity contribution >= 4 is 17.6 Å². The fraction of sp³-hybridized carbons (Fsp3) is 0.467. The number of hydrogen-bond acceptors (Lipinski definition) is 2. The fourth-order valence-electron chi connectivity index (χ4n) is 2.59. The molecule has 1 amide bonds. The molecule has 1 saturated carbocycles. The van der Waals surface area contributed by atoms with Gasteiger partial charge < -0.3 is 10.4 Å². The molecule has 0 aliphatic heterocycles. The molecule has 0 radical (unpaired) electrons. The maximum absolute atomic E-state index is 11.8. The highest BCUT2D eigenvalue weighted by molar-refractivity contribution is 5.93. The quantitative estimate of drug-likeness (QED) is 0.854. The average molecular weight is 261 g/mol. The van der Waals surface area contributed by atoms with E-state index in [1.165, 1.54) is 37.8 Å². The van der Waals surface area contributed by atoms with Crippen LogP contribution in [0.3, 0.4) is 0 Å². The van der Waals surface area contributed by atoms with Crippen molar-refractivity contribution in [3.8, 4) is 0 Å². The first-order valence-electron chi connectivity index (χ1n) is 6.78. The lowest BCUT2D eigenvalue weighted by molar-refractivity contribution is -0.116. The van der Waals surface area contributed by atoms with Crippen molar-refractivity contribution in [1.82, 2.24) is 0 Å². The number of rotatable bonds is 5. The molecule has 1 aromatic rings. The van der Waals surface area contributed by atoms with Crippen molar-refractivity contribution in [3.05, 3.63) is 29.8 Å². The highest BCUT2D eigenvalue weighted by Crippen LogP contribution is 2.28. The number of benzene rings is 1. The summed E-state index contributed by atoms with van der Waals surface area (Å²) in [6.07, 6.45) is 6.50. The summed E-state index contributed by atoms with van der Waals surface area (Å²) in [5, 5.41) is 11.6. The molecule has 4 nitrogen and oxygen atoms in total. The van der Waals surface area contributed by atoms with Gasteiger partial charge in [0.05, 0.1) is 5.56 Å². The minimum Gasteiger partial charge on any atom is -0.478 e. The van der Waals surface area contributed by atoms with E-state index < -0.39 is 5.97 Å². The van der Waals surface area contributed by atoms with Gasteiger partial charge in [-0.15, -0.1) is 0 Å². The first kappa shape index (κ1) is 13.6. The Morgan fingerprint density at radius 1 is 1.26 bits per heavy atom. The number of hydrogen-bond donors (Lipinski definition) is 2. The van der Waals surface area contributed by atoms with E-state index >= 15 is 0 Å². The van der Waals surface area contributed by atoms with Crippen molar-refractivity contribution in [2.45, 2.75) is 38.5 Å². The zero-order valence-corrected chi connectivity index (χ0v) is 10.9. The molecular formula is C15H19NO3. The second-order valence-electron chi connectivity index (χ2n) is 5.12. The topological polar surface area (TPSA) is 66.4 Å². The van der Waals surface area contributed by atoms with Crippen LogP contribution in [0.5, 0.6) is 0 Å². The molecule has 102 valence electrons. The van der Waals surface area contributed by atoms with Gasteiger partial charge in [-0.1, -0.05) is 31.7 Å². The Morgan fingerprint density at radius 3 is 2.68 bits per heavy atom. The number of carbonyl (C=O) groups is 2. The number of carboxylic acid groups (broad SMARTS) is 1. The lowest BCUT2D eigenvalue weighted by Crippen LogP contribution is -2.13. The monoisotopic (exact) mass is 261 g/mol. The van der Waals surface area contributed by atoms with Gasteiger partial charge in [-0.2, -0.15) is 0 Å². The SMILES string of the molecule is O=C(CCC1CCCC1)Nc1cccc(C(=O)O)c1. The Hall–Kier alpha value is -1.84. The summed E-state index contributed by atoms with van der Waals surface area (Å²) in [5.41, 5.74) is 0.741. The van der Waals surface area contributed by atoms with E-state index in [1.54, 1.807) is 12.1 Å². The summed E-state index contributed by atoms with van der Waals surface area (Å²) < 4.78 is 0. The van der Waals surface area contributed by atoms with Gasteiger partial charge in [-0.05, 0) is 30.5 Å². The molecule has 1 fully saturated rings. The number of nitrogens with one attached hydrogen (secondary N) is 1. The van der Waals surface area contributed by atoms with E-state index in [1.807, 2.05) is 0 Å². The van der Waals surface area contributed by atoms with Crippen LogP contribution in [0.15, 0.2) is 24.3 Å². The minimum atomic E-state index is -0.984. The highest BCUT2D eigenvalue weighted by Gasteiger charge is 2.16. The maximum Gasteiger partial charge on any atom is 0.335 e. The number of amides is 1. The average Bonchev–Trinajstić information content (AvgIpc) is 2.90. The predicted molar refractivity (Wildman–Crippen MR) is 73.2 cm³/mol. The van der Waals surface area contributed by atoms with Gasteiger partial charge in [-0.3, -0.25) is 4.79 Å². The molecule has 2 N–H and O–H groups in total. The number of aromatic carboxylic acids is 1. The third kappa shape index (κ3) is 4.09. The maximum atomic E-state index is 11.8. The van der Waals surface area contributed by atoms with Gasteiger partial charge >= 0.3 is 5.97 Å². The van der Waals surface area contributed by atoms with E-state index in [0.29, 0.717) is 18.0 Å². The Morgan fingerprint density at radius 2 is 2.00 bits per heavy atom. The van der Waals surface area contributed by atoms with Crippen molar-refractivity contribution in [2.75, 3.05) is 5.32 Å². The fourth-order valence-corrected chi connectivity index (χ4v) is 2.59. The van der Waals surface area contributed by atoms with E-state index in [2.05, 4.69) is 5.32 Å². The van der Waals surface area contributed by atoms with Crippen molar-refractivity contribution in [2.24, 2.45) is 5.92 Å². The molecule has 0 heterocycles. The molecule has 4 heteroatoms. The van der Waals surface area contributed by atoms with Gasteiger partial charge in [0.15, 0.2) is 0 Å². The van der Waals surface area contributed by atoms with Gasteiger partial charge in [0.2, 0.25) is 5.91 Å². The van der Waals surface area contributed by atoms with Crippen LogP contribution in [0.1, 0.15) is 48.9 Å². The van der Waals surface area contributed by atoms with E-state index in [9.17, 15) is 9.59 Å². The molecule has 0 atom stereocenters. The predicted octanol–water partition coefficient (Wildman–Crippen LogP) is 3.29. The van der Waals surface area contributed by atoms with Crippen LogP contribution in [0.2, 0.25) is 0 Å². The Balaban J connectivity index is 1.84. The number of carboxylic acids is 1. The lowest BCUT2D eigenvalue weighted by atomic mass is 10.0. The smallest absolute Gasteiger partial charge is 0.335 e. The van der Waals surface area contributed by atoms with Crippen LogP contribution in [0.4, 0.5) is 5.69 Å². The summed E-state index contributed by atoms with van der Waals surface area (Å²) in [4.78, 5) is 22.6. The molecule has 1 aliphatic rings. The van der Waals surface area contributed by atoms with Gasteiger partial charge in [0, 0.05) is 12.1 Å². The van der Waals surface area contributed by atoms with E-state index in [4.69, 9.17) is 5.11 Å². The van der Waals surface area contributed by atoms with Crippen molar-refractivity contribution < 1.29 is 14.7 Å². The molecule has 0 saturated heterocycles. The van der Waals surface area contributed by atoms with Crippen molar-refractivity contribution in [1.29, 1.82) is 0 Å². The molecule has 19 heavy (non-hydrogen) atoms. The van der Waals surface area contributed by atoms with Crippen LogP contribution in [-0.2, 0) is 4.79 Å². The first-order valence-corrected chi connectivity index (χ1v) is 6.78. The Bertz CT molecular complexity index is 464. The van der Waals surface area contributed by atoms with Crippen LogP contribution in [0.25, 0.3) is 0 Å². The summed E-state index contributed by atoms with van der Waals surface area (Å²) in [5.74, 6) is -0.326. The summed E-state index contributed by atoms with van der Waals surface area (Å²) >= 11 is 0. The summed E-state index contributed by atoms with van der Waals surface area (Å²) in [6, 6.07) is 6.34. The molecule has 0 aromatic heterocycles. The van der Waals surface area contributed by atoms with Gasteiger partial charge in [0.1, 0.15) is 0 Å². The number of carbonyl (C=O) groups excluding carboxylic acids is 1. The largest absolute Gasteiger partial charge is 0.478 e. The second-order valence-corrected chi connectivity index (χ2v) is 5.12. The number of anilines is 1. The van der Waals surface area contributed by atoms with E-state index in [0.717, 1.165) is 6.42 Å². The van der Waals surface area contributed by atoms with Crippen LogP contribution >= 0.6 is 0 Å². The summed E-state index contributed by atoms with van der Waals surface area (Å²) in [6.45, 7) is 0. The lowest BCUT2D eigenvalue weighted by Gasteiger charge is -2.09. The van der Waals surface area contributed by atoms with Crippen LogP contribution in [0, 0.1) is 5.92 Å². The van der Waals surface area contributed by atoms with E-state index in [-0.39, 0.29) is 11.5 Å². The highest BCUT2D eigenvalue weighted by atomic mass is 16.4. The molecule has 1 aromatic carbocycles. The Kier molecular flexibility index (Phi) is 4.55. The minimum absolute atomic E-state index is 0.0329.